The van der Waals surface area contributed by atoms with Crippen molar-refractivity contribution >= 4 is 30.1 Å². The fraction of sp³-hybridized carbons (Fsp3) is 0.786. The molecule has 6 heteroatoms. The molecule has 0 aromatic heterocycles. The molecule has 20 heavy (non-hydrogen) atoms. The SMILES string of the molecule is CC(=O)C(CS)CC(=O)C(C)CCCCNC(=O)CN. The first-order valence-electron chi connectivity index (χ1n) is 7.03. The molecule has 0 spiro atoms. The Bertz CT molecular complexity index is 334. The molecular weight excluding hydrogens is 276 g/mol. The molecule has 0 fully saturated rings. The van der Waals surface area contributed by atoms with E-state index in [2.05, 4.69) is 17.9 Å². The highest BCUT2D eigenvalue weighted by atomic mass is 32.1. The van der Waals surface area contributed by atoms with Crippen LogP contribution in [0.25, 0.3) is 0 Å². The summed E-state index contributed by atoms with van der Waals surface area (Å²) in [6.45, 7) is 3.98. The van der Waals surface area contributed by atoms with E-state index in [-0.39, 0.29) is 42.3 Å². The largest absolute Gasteiger partial charge is 0.355 e. The van der Waals surface area contributed by atoms with Gasteiger partial charge in [-0.2, -0.15) is 12.6 Å². The maximum absolute atomic E-state index is 12.0. The van der Waals surface area contributed by atoms with Crippen molar-refractivity contribution in [1.82, 2.24) is 5.32 Å². The standard InChI is InChI=1S/C14H26N2O3S/c1-10(5-3-4-6-16-14(19)8-15)13(18)7-12(9-20)11(2)17/h10,12,20H,3-9,15H2,1-2H3,(H,16,19). The van der Waals surface area contributed by atoms with Crippen LogP contribution in [-0.2, 0) is 14.4 Å². The van der Waals surface area contributed by atoms with E-state index < -0.39 is 0 Å². The summed E-state index contributed by atoms with van der Waals surface area (Å²) in [7, 11) is 0. The van der Waals surface area contributed by atoms with Crippen LogP contribution >= 0.6 is 12.6 Å². The number of Topliss-reactive ketones (excluding diaryl/α,β-unsaturated/α-hetero) is 2. The molecule has 0 aromatic rings. The summed E-state index contributed by atoms with van der Waals surface area (Å²) in [5, 5.41) is 2.69. The minimum Gasteiger partial charge on any atom is -0.355 e. The molecule has 0 radical (unpaired) electrons. The van der Waals surface area contributed by atoms with Crippen molar-refractivity contribution in [3.05, 3.63) is 0 Å². The summed E-state index contributed by atoms with van der Waals surface area (Å²) >= 11 is 4.10. The van der Waals surface area contributed by atoms with Gasteiger partial charge in [0.05, 0.1) is 6.54 Å². The fourth-order valence-corrected chi connectivity index (χ4v) is 2.20. The van der Waals surface area contributed by atoms with Gasteiger partial charge < -0.3 is 11.1 Å². The summed E-state index contributed by atoms with van der Waals surface area (Å²) in [6.07, 6.45) is 2.74. The molecule has 0 heterocycles. The van der Waals surface area contributed by atoms with E-state index in [0.717, 1.165) is 19.3 Å². The second kappa shape index (κ2) is 10.9. The molecular formula is C14H26N2O3S. The average Bonchev–Trinajstić information content (AvgIpc) is 2.42. The van der Waals surface area contributed by atoms with Gasteiger partial charge in [-0.1, -0.05) is 13.3 Å². The Labute approximate surface area is 126 Å². The smallest absolute Gasteiger partial charge is 0.233 e. The molecule has 3 N–H and O–H groups in total. The summed E-state index contributed by atoms with van der Waals surface area (Å²) in [5.41, 5.74) is 5.17. The van der Waals surface area contributed by atoms with Crippen molar-refractivity contribution in [1.29, 1.82) is 0 Å². The number of unbranched alkanes of at least 4 members (excludes halogenated alkanes) is 1. The Morgan fingerprint density at radius 1 is 1.25 bits per heavy atom. The third-order valence-electron chi connectivity index (χ3n) is 3.36. The van der Waals surface area contributed by atoms with Gasteiger partial charge in [-0.3, -0.25) is 14.4 Å². The second-order valence-corrected chi connectivity index (χ2v) is 5.48. The highest BCUT2D eigenvalue weighted by molar-refractivity contribution is 7.80. The van der Waals surface area contributed by atoms with Crippen LogP contribution in [0.5, 0.6) is 0 Å². The van der Waals surface area contributed by atoms with Crippen LogP contribution in [0, 0.1) is 11.8 Å². The predicted molar refractivity (Wildman–Crippen MR) is 82.7 cm³/mol. The zero-order valence-electron chi connectivity index (χ0n) is 12.4. The van der Waals surface area contributed by atoms with Crippen molar-refractivity contribution in [2.45, 2.75) is 39.5 Å². The number of carbonyl (C=O) groups is 3. The van der Waals surface area contributed by atoms with Gasteiger partial charge in [0.1, 0.15) is 11.6 Å². The van der Waals surface area contributed by atoms with Crippen LogP contribution in [0.1, 0.15) is 39.5 Å². The topological polar surface area (TPSA) is 89.3 Å². The van der Waals surface area contributed by atoms with E-state index in [1.165, 1.54) is 6.92 Å². The molecule has 0 saturated heterocycles. The van der Waals surface area contributed by atoms with Crippen LogP contribution in [0.4, 0.5) is 0 Å². The third kappa shape index (κ3) is 8.32. The first-order valence-corrected chi connectivity index (χ1v) is 7.66. The Kier molecular flexibility index (Phi) is 10.4. The quantitative estimate of drug-likeness (QED) is 0.392. The van der Waals surface area contributed by atoms with E-state index in [9.17, 15) is 14.4 Å². The molecule has 2 atom stereocenters. The van der Waals surface area contributed by atoms with E-state index in [1.807, 2.05) is 6.92 Å². The number of amides is 1. The zero-order chi connectivity index (χ0) is 15.5. The van der Waals surface area contributed by atoms with Gasteiger partial charge >= 0.3 is 0 Å². The molecule has 0 aromatic carbocycles. The Morgan fingerprint density at radius 2 is 1.90 bits per heavy atom. The van der Waals surface area contributed by atoms with Gasteiger partial charge in [-0.15, -0.1) is 0 Å². The molecule has 0 bridgehead atoms. The fourth-order valence-electron chi connectivity index (χ4n) is 1.82. The number of carbonyl (C=O) groups excluding carboxylic acids is 3. The van der Waals surface area contributed by atoms with Crippen LogP contribution in [0.3, 0.4) is 0 Å². The summed E-state index contributed by atoms with van der Waals surface area (Å²) in [5.74, 6) is 0.0698. The van der Waals surface area contributed by atoms with Gasteiger partial charge in [0, 0.05) is 30.6 Å². The van der Waals surface area contributed by atoms with Gasteiger partial charge in [0.2, 0.25) is 5.91 Å². The van der Waals surface area contributed by atoms with Crippen molar-refractivity contribution in [2.75, 3.05) is 18.8 Å². The molecule has 116 valence electrons. The first kappa shape index (κ1) is 19.1. The van der Waals surface area contributed by atoms with Crippen molar-refractivity contribution in [3.63, 3.8) is 0 Å². The highest BCUT2D eigenvalue weighted by Gasteiger charge is 2.20. The maximum Gasteiger partial charge on any atom is 0.233 e. The lowest BCUT2D eigenvalue weighted by molar-refractivity contribution is -0.128. The lowest BCUT2D eigenvalue weighted by Gasteiger charge is -2.14. The lowest BCUT2D eigenvalue weighted by atomic mass is 9.91. The van der Waals surface area contributed by atoms with Crippen LogP contribution in [0.2, 0.25) is 0 Å². The number of rotatable bonds is 11. The number of nitrogens with two attached hydrogens (primary N) is 1. The molecule has 1 amide bonds. The van der Waals surface area contributed by atoms with Gasteiger partial charge in [0.25, 0.3) is 0 Å². The number of hydrogen-bond acceptors (Lipinski definition) is 5. The molecule has 0 aliphatic carbocycles. The highest BCUT2D eigenvalue weighted by Crippen LogP contribution is 2.16. The second-order valence-electron chi connectivity index (χ2n) is 5.11. The van der Waals surface area contributed by atoms with Crippen LogP contribution in [-0.4, -0.2) is 36.3 Å². The van der Waals surface area contributed by atoms with Crippen LogP contribution < -0.4 is 11.1 Å². The number of thiol groups is 1. The van der Waals surface area contributed by atoms with Crippen LogP contribution in [0.15, 0.2) is 0 Å². The summed E-state index contributed by atoms with van der Waals surface area (Å²) in [6, 6.07) is 0. The molecule has 5 nitrogen and oxygen atoms in total. The van der Waals surface area contributed by atoms with E-state index >= 15 is 0 Å². The minimum atomic E-state index is -0.267. The average molecular weight is 302 g/mol. The predicted octanol–water partition coefficient (Wildman–Crippen LogP) is 0.962. The Balaban J connectivity index is 3.85. The van der Waals surface area contributed by atoms with Gasteiger partial charge in [-0.25, -0.2) is 0 Å². The maximum atomic E-state index is 12.0. The third-order valence-corrected chi connectivity index (χ3v) is 3.80. The van der Waals surface area contributed by atoms with Gasteiger partial charge in [0.15, 0.2) is 0 Å². The normalized spacial score (nSPS) is 13.6. The van der Waals surface area contributed by atoms with E-state index in [1.54, 1.807) is 0 Å². The van der Waals surface area contributed by atoms with Crippen molar-refractivity contribution < 1.29 is 14.4 Å². The Morgan fingerprint density at radius 3 is 2.40 bits per heavy atom. The monoisotopic (exact) mass is 302 g/mol. The molecule has 0 saturated carbocycles. The summed E-state index contributed by atoms with van der Waals surface area (Å²) < 4.78 is 0. The molecule has 0 rings (SSSR count). The number of hydrogen-bond donors (Lipinski definition) is 3. The molecule has 0 aliphatic heterocycles. The minimum absolute atomic E-state index is 0.00501. The first-order chi connectivity index (χ1) is 9.42. The van der Waals surface area contributed by atoms with Crippen molar-refractivity contribution in [2.24, 2.45) is 17.6 Å². The van der Waals surface area contributed by atoms with E-state index in [0.29, 0.717) is 12.3 Å². The van der Waals surface area contributed by atoms with Crippen molar-refractivity contribution in [3.8, 4) is 0 Å². The molecule has 2 unspecified atom stereocenters. The van der Waals surface area contributed by atoms with Gasteiger partial charge in [-0.05, 0) is 19.8 Å². The zero-order valence-corrected chi connectivity index (χ0v) is 13.2. The number of ketones is 2. The molecule has 0 aliphatic rings. The Hall–Kier alpha value is -0.880. The van der Waals surface area contributed by atoms with E-state index in [4.69, 9.17) is 5.73 Å². The summed E-state index contributed by atoms with van der Waals surface area (Å²) in [4.78, 5) is 34.1. The number of nitrogens with one attached hydrogen (secondary N) is 1. The lowest BCUT2D eigenvalue weighted by Crippen LogP contribution is -2.31.